The highest BCUT2D eigenvalue weighted by molar-refractivity contribution is 5.83. The van der Waals surface area contributed by atoms with Crippen molar-refractivity contribution in [3.8, 4) is 0 Å². The van der Waals surface area contributed by atoms with E-state index in [9.17, 15) is 24.3 Å². The van der Waals surface area contributed by atoms with Crippen LogP contribution in [0, 0.1) is 51.2 Å². The van der Waals surface area contributed by atoms with Gasteiger partial charge in [0.2, 0.25) is 0 Å². The van der Waals surface area contributed by atoms with Crippen molar-refractivity contribution in [2.24, 2.45) is 51.2 Å². The second-order valence-electron chi connectivity index (χ2n) is 14.9. The Labute approximate surface area is 240 Å². The van der Waals surface area contributed by atoms with Crippen molar-refractivity contribution in [2.75, 3.05) is 0 Å². The van der Waals surface area contributed by atoms with Gasteiger partial charge in [-0.2, -0.15) is 0 Å². The summed E-state index contributed by atoms with van der Waals surface area (Å²) < 4.78 is 12.1. The van der Waals surface area contributed by atoms with Gasteiger partial charge >= 0.3 is 11.9 Å². The number of carbonyl (C=O) groups excluding carboxylic acids is 4. The van der Waals surface area contributed by atoms with Crippen LogP contribution in [0.5, 0.6) is 0 Å². The lowest BCUT2D eigenvalue weighted by Crippen LogP contribution is -2.70. The zero-order valence-corrected chi connectivity index (χ0v) is 26.0. The third kappa shape index (κ3) is 4.76. The number of aldehydes is 1. The van der Waals surface area contributed by atoms with Gasteiger partial charge in [-0.25, -0.2) is 0 Å². The van der Waals surface area contributed by atoms with E-state index in [1.54, 1.807) is 0 Å². The molecule has 0 aliphatic heterocycles. The molecule has 40 heavy (non-hydrogen) atoms. The molecule has 0 aromatic carbocycles. The average Bonchev–Trinajstić information content (AvgIpc) is 2.84. The highest BCUT2D eigenvalue weighted by Crippen LogP contribution is 2.74. The monoisotopic (exact) mass is 560 g/mol. The third-order valence-electron chi connectivity index (χ3n) is 12.8. The summed E-state index contributed by atoms with van der Waals surface area (Å²) in [4.78, 5) is 51.4. The van der Waals surface area contributed by atoms with E-state index in [-0.39, 0.29) is 46.3 Å². The van der Waals surface area contributed by atoms with Gasteiger partial charge in [-0.3, -0.25) is 14.4 Å². The first kappa shape index (κ1) is 31.2. The van der Waals surface area contributed by atoms with Gasteiger partial charge in [0, 0.05) is 18.3 Å². The topological polar surface area (TPSA) is 107 Å². The van der Waals surface area contributed by atoms with E-state index in [4.69, 9.17) is 9.47 Å². The summed E-state index contributed by atoms with van der Waals surface area (Å²) in [6.07, 6.45) is 6.44. The zero-order chi connectivity index (χ0) is 29.8. The van der Waals surface area contributed by atoms with Crippen LogP contribution in [0.2, 0.25) is 0 Å². The van der Waals surface area contributed by atoms with Crippen molar-refractivity contribution in [1.29, 1.82) is 0 Å². The fourth-order valence-electron chi connectivity index (χ4n) is 10.9. The van der Waals surface area contributed by atoms with Crippen LogP contribution in [0.1, 0.15) is 113 Å². The van der Waals surface area contributed by atoms with Crippen molar-refractivity contribution in [2.45, 2.75) is 131 Å². The van der Waals surface area contributed by atoms with Crippen molar-refractivity contribution in [3.63, 3.8) is 0 Å². The van der Waals surface area contributed by atoms with Gasteiger partial charge in [0.25, 0.3) is 0 Å². The number of aliphatic hydroxyl groups excluding tert-OH is 1. The molecule has 3 unspecified atom stereocenters. The Hall–Kier alpha value is -1.76. The summed E-state index contributed by atoms with van der Waals surface area (Å²) in [5, 5.41) is 9.80. The van der Waals surface area contributed by atoms with Gasteiger partial charge in [-0.15, -0.1) is 0 Å². The third-order valence-corrected chi connectivity index (χ3v) is 12.8. The molecule has 0 radical (unpaired) electrons. The van der Waals surface area contributed by atoms with Crippen LogP contribution in [-0.2, 0) is 28.7 Å². The highest BCUT2D eigenvalue weighted by Gasteiger charge is 2.71. The van der Waals surface area contributed by atoms with Gasteiger partial charge in [-0.05, 0) is 86.4 Å². The van der Waals surface area contributed by atoms with Crippen LogP contribution in [-0.4, -0.2) is 47.4 Å². The van der Waals surface area contributed by atoms with Gasteiger partial charge in [-0.1, -0.05) is 47.5 Å². The normalized spacial score (nSPS) is 47.1. The van der Waals surface area contributed by atoms with E-state index in [1.807, 2.05) is 6.92 Å². The molecule has 0 aromatic rings. The molecular weight excluding hydrogens is 508 g/mol. The van der Waals surface area contributed by atoms with Gasteiger partial charge < -0.3 is 19.4 Å². The van der Waals surface area contributed by atoms with E-state index < -0.39 is 41.5 Å². The molecule has 0 amide bonds. The average molecular weight is 561 g/mol. The van der Waals surface area contributed by atoms with Crippen molar-refractivity contribution in [3.05, 3.63) is 0 Å². The first-order valence-corrected chi connectivity index (χ1v) is 15.6. The van der Waals surface area contributed by atoms with Crippen LogP contribution in [0.15, 0.2) is 0 Å². The summed E-state index contributed by atoms with van der Waals surface area (Å²) in [6, 6.07) is 0. The Bertz CT molecular complexity index is 1020. The molecule has 0 bridgehead atoms. The molecule has 4 aliphatic rings. The summed E-state index contributed by atoms with van der Waals surface area (Å²) >= 11 is 0. The lowest BCUT2D eigenvalue weighted by Gasteiger charge is -2.71. The molecule has 4 aliphatic carbocycles. The predicted octanol–water partition coefficient (Wildman–Crippen LogP) is 5.69. The second kappa shape index (κ2) is 10.8. The van der Waals surface area contributed by atoms with Crippen LogP contribution >= 0.6 is 0 Å². The molecule has 226 valence electrons. The summed E-state index contributed by atoms with van der Waals surface area (Å²) in [7, 11) is 0. The first-order chi connectivity index (χ1) is 18.6. The van der Waals surface area contributed by atoms with Gasteiger partial charge in [0.1, 0.15) is 24.3 Å². The number of fused-ring (bicyclic) bond motifs is 5. The number of ether oxygens (including phenoxy) is 2. The molecule has 0 saturated heterocycles. The van der Waals surface area contributed by atoms with Crippen LogP contribution in [0.4, 0.5) is 0 Å². The van der Waals surface area contributed by atoms with Crippen LogP contribution in [0.3, 0.4) is 0 Å². The lowest BCUT2D eigenvalue weighted by atomic mass is 9.33. The van der Waals surface area contributed by atoms with Crippen LogP contribution in [0.25, 0.3) is 0 Å². The van der Waals surface area contributed by atoms with Crippen LogP contribution < -0.4 is 0 Å². The Morgan fingerprint density at radius 1 is 0.950 bits per heavy atom. The predicted molar refractivity (Wildman–Crippen MR) is 151 cm³/mol. The Morgan fingerprint density at radius 3 is 2.15 bits per heavy atom. The first-order valence-electron chi connectivity index (χ1n) is 15.6. The number of Topliss-reactive ketones (excluding diaryl/α,β-unsaturated/α-hetero) is 1. The molecule has 0 heterocycles. The van der Waals surface area contributed by atoms with E-state index >= 15 is 0 Å². The summed E-state index contributed by atoms with van der Waals surface area (Å²) in [5.41, 5.74) is -0.625. The van der Waals surface area contributed by atoms with E-state index in [0.29, 0.717) is 18.8 Å². The molecule has 0 spiro atoms. The number of ketones is 1. The fraction of sp³-hybridized carbons (Fsp3) is 0.879. The molecule has 4 saturated carbocycles. The lowest BCUT2D eigenvalue weighted by molar-refractivity contribution is -0.264. The van der Waals surface area contributed by atoms with E-state index in [2.05, 4.69) is 27.7 Å². The van der Waals surface area contributed by atoms with Gasteiger partial charge in [0.15, 0.2) is 0 Å². The molecule has 4 fully saturated rings. The molecule has 1 N–H and O–H groups in total. The zero-order valence-electron chi connectivity index (χ0n) is 26.0. The highest BCUT2D eigenvalue weighted by atomic mass is 16.5. The Balaban J connectivity index is 1.85. The summed E-state index contributed by atoms with van der Waals surface area (Å²) in [5.74, 6) is -1.98. The second-order valence-corrected chi connectivity index (χ2v) is 14.9. The molecule has 12 atom stereocenters. The van der Waals surface area contributed by atoms with Crippen molar-refractivity contribution >= 4 is 24.0 Å². The Morgan fingerprint density at radius 2 is 1.60 bits per heavy atom. The number of esters is 2. The quantitative estimate of drug-likeness (QED) is 0.315. The minimum absolute atomic E-state index is 0.0579. The number of hydrogen-bond acceptors (Lipinski definition) is 7. The Kier molecular flexibility index (Phi) is 8.43. The van der Waals surface area contributed by atoms with Crippen molar-refractivity contribution in [1.82, 2.24) is 0 Å². The molecule has 7 nitrogen and oxygen atoms in total. The van der Waals surface area contributed by atoms with Crippen molar-refractivity contribution < 1.29 is 33.8 Å². The largest absolute Gasteiger partial charge is 0.462 e. The SMILES string of the molecule is CC[C@@]1(C)CCC[C@]2(C)[C@H]3C[C@H](OC(C)=O)[C@]4(C)[C@@H](C=O)C(C(C)=O)C(OC(=O)CC(C)O)C[C@H]4[C@]3(C)CC[C@@H]12. The maximum atomic E-state index is 13.1. The van der Waals surface area contributed by atoms with E-state index in [0.717, 1.165) is 32.0 Å². The summed E-state index contributed by atoms with van der Waals surface area (Å²) in [6.45, 7) is 16.0. The maximum Gasteiger partial charge on any atom is 0.308 e. The number of rotatable bonds is 7. The minimum atomic E-state index is -0.863. The number of carbonyl (C=O) groups is 4. The standard InChI is InChI=1S/C33H52O7/c1-9-30(5)12-10-13-31(6)24(30)11-14-32(7)25(31)17-27(39-21(4)37)33(8)22(18-34)29(20(3)36)23(16-26(32)33)40-28(38)15-19(2)35/h18-19,22-27,29,35H,9-17H2,1-8H3/t19?,22-,23?,24-,25+,26-,27-,29?,30-,31-,32+,33+/m0/s1. The molecule has 4 rings (SSSR count). The minimum Gasteiger partial charge on any atom is -0.462 e. The molecular formula is C33H52O7. The number of aliphatic hydroxyl groups is 1. The number of hydrogen-bond donors (Lipinski definition) is 1. The fourth-order valence-corrected chi connectivity index (χ4v) is 10.9. The molecule has 7 heteroatoms. The van der Waals surface area contributed by atoms with E-state index in [1.165, 1.54) is 33.6 Å². The smallest absolute Gasteiger partial charge is 0.308 e. The molecule has 0 aromatic heterocycles. The van der Waals surface area contributed by atoms with Gasteiger partial charge in [0.05, 0.1) is 18.4 Å². The maximum absolute atomic E-state index is 13.1.